The van der Waals surface area contributed by atoms with Crippen molar-refractivity contribution in [2.45, 2.75) is 11.8 Å². The highest BCUT2D eigenvalue weighted by Gasteiger charge is 2.26. The first kappa shape index (κ1) is 14.7. The van der Waals surface area contributed by atoms with E-state index in [9.17, 15) is 12.8 Å². The molecule has 20 heavy (non-hydrogen) atoms. The van der Waals surface area contributed by atoms with E-state index >= 15 is 0 Å². The van der Waals surface area contributed by atoms with Crippen LogP contribution in [0.3, 0.4) is 0 Å². The first-order chi connectivity index (χ1) is 9.46. The van der Waals surface area contributed by atoms with Gasteiger partial charge in [0.25, 0.3) is 10.0 Å². The number of halogens is 2. The van der Waals surface area contributed by atoms with Crippen molar-refractivity contribution in [3.05, 3.63) is 53.6 Å². The summed E-state index contributed by atoms with van der Waals surface area (Å²) in [7, 11) is -3.84. The van der Waals surface area contributed by atoms with Gasteiger partial charge in [0.15, 0.2) is 0 Å². The number of sulfonamides is 1. The smallest absolute Gasteiger partial charge is 0.265 e. The molecule has 1 aromatic heterocycles. The van der Waals surface area contributed by atoms with Crippen LogP contribution < -0.4 is 4.31 Å². The molecule has 1 heterocycles. The topological polar surface area (TPSA) is 50.3 Å². The fourth-order valence-electron chi connectivity index (χ4n) is 1.80. The van der Waals surface area contributed by atoms with Gasteiger partial charge in [-0.1, -0.05) is 11.6 Å². The van der Waals surface area contributed by atoms with Gasteiger partial charge in [-0.05, 0) is 37.3 Å². The van der Waals surface area contributed by atoms with Crippen LogP contribution in [0.25, 0.3) is 0 Å². The molecule has 0 amide bonds. The molecule has 0 radical (unpaired) electrons. The van der Waals surface area contributed by atoms with Crippen molar-refractivity contribution in [1.82, 2.24) is 4.98 Å². The first-order valence-corrected chi connectivity index (χ1v) is 7.66. The van der Waals surface area contributed by atoms with Crippen LogP contribution in [-0.2, 0) is 10.0 Å². The maximum absolute atomic E-state index is 13.0. The summed E-state index contributed by atoms with van der Waals surface area (Å²) in [5, 5.41) is -0.141. The van der Waals surface area contributed by atoms with Gasteiger partial charge in [-0.25, -0.2) is 12.8 Å². The van der Waals surface area contributed by atoms with Crippen molar-refractivity contribution in [3.63, 3.8) is 0 Å². The lowest BCUT2D eigenvalue weighted by Crippen LogP contribution is -2.31. The van der Waals surface area contributed by atoms with Crippen LogP contribution in [0, 0.1) is 5.82 Å². The van der Waals surface area contributed by atoms with Crippen molar-refractivity contribution >= 4 is 27.3 Å². The predicted molar refractivity (Wildman–Crippen MR) is 75.9 cm³/mol. The Morgan fingerprint density at radius 1 is 1.25 bits per heavy atom. The standard InChI is InChI=1S/C13H12ClFN2O2S/c1-2-17(11-5-7-16-8-6-11)20(18,19)13-4-3-10(15)9-12(13)14/h3-9H,2H2,1H3. The Bertz CT molecular complexity index is 708. The summed E-state index contributed by atoms with van der Waals surface area (Å²) in [5.74, 6) is -0.582. The second-order valence-corrected chi connectivity index (χ2v) is 6.19. The molecule has 0 bridgehead atoms. The Morgan fingerprint density at radius 3 is 2.45 bits per heavy atom. The van der Waals surface area contributed by atoms with Crippen LogP contribution in [-0.4, -0.2) is 19.9 Å². The minimum atomic E-state index is -3.84. The van der Waals surface area contributed by atoms with E-state index in [0.29, 0.717) is 5.69 Å². The molecule has 0 unspecified atom stereocenters. The summed E-state index contributed by atoms with van der Waals surface area (Å²) in [4.78, 5) is 3.72. The third kappa shape index (κ3) is 2.76. The zero-order valence-electron chi connectivity index (χ0n) is 10.6. The molecule has 2 rings (SSSR count). The van der Waals surface area contributed by atoms with Crippen LogP contribution in [0.2, 0.25) is 5.02 Å². The Balaban J connectivity index is 2.53. The average molecular weight is 315 g/mol. The number of benzene rings is 1. The average Bonchev–Trinajstić information content (AvgIpc) is 2.40. The van der Waals surface area contributed by atoms with E-state index < -0.39 is 15.8 Å². The lowest BCUT2D eigenvalue weighted by Gasteiger charge is -2.23. The van der Waals surface area contributed by atoms with Crippen LogP contribution in [0.15, 0.2) is 47.6 Å². The van der Waals surface area contributed by atoms with Crippen LogP contribution in [0.1, 0.15) is 6.92 Å². The minimum absolute atomic E-state index is 0.126. The van der Waals surface area contributed by atoms with Gasteiger partial charge in [0.05, 0.1) is 10.7 Å². The number of hydrogen-bond donors (Lipinski definition) is 0. The molecule has 0 atom stereocenters. The largest absolute Gasteiger partial charge is 0.266 e. The van der Waals surface area contributed by atoms with Gasteiger partial charge in [0.1, 0.15) is 10.7 Å². The van der Waals surface area contributed by atoms with Gasteiger partial charge < -0.3 is 0 Å². The molecule has 0 N–H and O–H groups in total. The number of rotatable bonds is 4. The molecule has 7 heteroatoms. The van der Waals surface area contributed by atoms with Crippen molar-refractivity contribution in [2.24, 2.45) is 0 Å². The van der Waals surface area contributed by atoms with E-state index in [0.717, 1.165) is 18.2 Å². The summed E-state index contributed by atoms with van der Waals surface area (Å²) in [6.45, 7) is 1.93. The number of aromatic nitrogens is 1. The highest BCUT2D eigenvalue weighted by Crippen LogP contribution is 2.28. The first-order valence-electron chi connectivity index (χ1n) is 5.84. The summed E-state index contributed by atoms with van der Waals surface area (Å²) >= 11 is 5.84. The quantitative estimate of drug-likeness (QED) is 0.871. The summed E-state index contributed by atoms with van der Waals surface area (Å²) in [5.41, 5.74) is 0.475. The van der Waals surface area contributed by atoms with E-state index in [1.54, 1.807) is 19.1 Å². The molecule has 0 saturated carbocycles. The predicted octanol–water partition coefficient (Wildman–Crippen LogP) is 3.09. The normalized spacial score (nSPS) is 11.3. The maximum Gasteiger partial charge on any atom is 0.265 e. The van der Waals surface area contributed by atoms with Crippen LogP contribution in [0.5, 0.6) is 0 Å². The van der Waals surface area contributed by atoms with E-state index in [2.05, 4.69) is 4.98 Å². The summed E-state index contributed by atoms with van der Waals surface area (Å²) < 4.78 is 39.4. The molecule has 2 aromatic rings. The van der Waals surface area contributed by atoms with Crippen molar-refractivity contribution in [2.75, 3.05) is 10.8 Å². The molecule has 1 aromatic carbocycles. The zero-order valence-corrected chi connectivity index (χ0v) is 12.2. The summed E-state index contributed by atoms with van der Waals surface area (Å²) in [6, 6.07) is 6.38. The molecule has 0 fully saturated rings. The monoisotopic (exact) mass is 314 g/mol. The third-order valence-electron chi connectivity index (χ3n) is 2.70. The molecule has 106 valence electrons. The van der Waals surface area contributed by atoms with E-state index in [-0.39, 0.29) is 16.5 Å². The zero-order chi connectivity index (χ0) is 14.8. The van der Waals surface area contributed by atoms with E-state index in [4.69, 9.17) is 11.6 Å². The lowest BCUT2D eigenvalue weighted by molar-refractivity contribution is 0.590. The van der Waals surface area contributed by atoms with Gasteiger partial charge in [-0.3, -0.25) is 9.29 Å². The Hall–Kier alpha value is -1.66. The highest BCUT2D eigenvalue weighted by molar-refractivity contribution is 7.93. The molecular formula is C13H12ClFN2O2S. The van der Waals surface area contributed by atoms with Gasteiger partial charge >= 0.3 is 0 Å². The molecule has 0 aliphatic carbocycles. The van der Waals surface area contributed by atoms with Gasteiger partial charge in [-0.15, -0.1) is 0 Å². The fourth-order valence-corrected chi connectivity index (χ4v) is 3.79. The second-order valence-electron chi connectivity index (χ2n) is 3.95. The SMILES string of the molecule is CCN(c1ccncc1)S(=O)(=O)c1ccc(F)cc1Cl. The van der Waals surface area contributed by atoms with Crippen LogP contribution >= 0.6 is 11.6 Å². The van der Waals surface area contributed by atoms with Gasteiger partial charge in [0, 0.05) is 18.9 Å². The van der Waals surface area contributed by atoms with Gasteiger partial charge in [-0.2, -0.15) is 0 Å². The molecule has 0 saturated heterocycles. The molecule has 4 nitrogen and oxygen atoms in total. The summed E-state index contributed by atoms with van der Waals surface area (Å²) in [6.07, 6.45) is 3.00. The van der Waals surface area contributed by atoms with Crippen molar-refractivity contribution < 1.29 is 12.8 Å². The van der Waals surface area contributed by atoms with Crippen LogP contribution in [0.4, 0.5) is 10.1 Å². The van der Waals surface area contributed by atoms with Crippen molar-refractivity contribution in [1.29, 1.82) is 0 Å². The number of pyridine rings is 1. The highest BCUT2D eigenvalue weighted by atomic mass is 35.5. The Kier molecular flexibility index (Phi) is 4.25. The third-order valence-corrected chi connectivity index (χ3v) is 5.09. The molecule has 0 aliphatic heterocycles. The lowest BCUT2D eigenvalue weighted by atomic mass is 10.3. The molecular weight excluding hydrogens is 303 g/mol. The number of anilines is 1. The minimum Gasteiger partial charge on any atom is -0.266 e. The maximum atomic E-state index is 13.0. The van der Waals surface area contributed by atoms with Gasteiger partial charge in [0.2, 0.25) is 0 Å². The number of nitrogens with zero attached hydrogens (tertiary/aromatic N) is 2. The number of hydrogen-bond acceptors (Lipinski definition) is 3. The Labute approximate surface area is 121 Å². The molecule has 0 spiro atoms. The van der Waals surface area contributed by atoms with Crippen molar-refractivity contribution in [3.8, 4) is 0 Å². The fraction of sp³-hybridized carbons (Fsp3) is 0.154. The second kappa shape index (κ2) is 5.76. The molecule has 0 aliphatic rings. The Morgan fingerprint density at radius 2 is 1.90 bits per heavy atom. The van der Waals surface area contributed by atoms with E-state index in [1.807, 2.05) is 0 Å². The van der Waals surface area contributed by atoms with E-state index in [1.165, 1.54) is 16.7 Å².